The van der Waals surface area contributed by atoms with Crippen LogP contribution in [0.5, 0.6) is 0 Å². The molecule has 2 rings (SSSR count). The molecule has 0 aromatic carbocycles. The Balaban J connectivity index is 2.13. The maximum atomic E-state index is 11.3. The molecule has 0 spiro atoms. The van der Waals surface area contributed by atoms with E-state index in [4.69, 9.17) is 4.74 Å². The summed E-state index contributed by atoms with van der Waals surface area (Å²) in [6, 6.07) is 0. The number of rotatable bonds is 1. The third-order valence-corrected chi connectivity index (χ3v) is 3.35. The van der Waals surface area contributed by atoms with E-state index in [1.54, 1.807) is 0 Å². The van der Waals surface area contributed by atoms with Gasteiger partial charge in [-0.15, -0.1) is 0 Å². The third kappa shape index (κ3) is 0.959. The largest absolute Gasteiger partial charge is 0.469 e. The van der Waals surface area contributed by atoms with Crippen molar-refractivity contribution in [1.82, 2.24) is 0 Å². The van der Waals surface area contributed by atoms with E-state index in [2.05, 4.69) is 0 Å². The molecular weight excluding hydrogens is 156 g/mol. The van der Waals surface area contributed by atoms with Crippen molar-refractivity contribution >= 4 is 5.97 Å². The van der Waals surface area contributed by atoms with E-state index in [0.717, 1.165) is 19.3 Å². The van der Waals surface area contributed by atoms with Crippen LogP contribution in [-0.2, 0) is 9.53 Å². The summed E-state index contributed by atoms with van der Waals surface area (Å²) in [7, 11) is 1.42. The van der Waals surface area contributed by atoms with E-state index < -0.39 is 0 Å². The van der Waals surface area contributed by atoms with Crippen molar-refractivity contribution in [2.75, 3.05) is 7.11 Å². The van der Waals surface area contributed by atoms with Gasteiger partial charge >= 0.3 is 5.97 Å². The Hall–Kier alpha value is -0.570. The van der Waals surface area contributed by atoms with Crippen molar-refractivity contribution < 1.29 is 14.6 Å². The standard InChI is InChI=1S/C9H14O3/c1-12-9(11)8-5-2-3-6(8)7(10)4-5/h5-8,10H,2-4H2,1H3/t5-,6+,7+,8?/m1/s1. The van der Waals surface area contributed by atoms with Gasteiger partial charge in [-0.1, -0.05) is 0 Å². The molecular formula is C9H14O3. The van der Waals surface area contributed by atoms with Gasteiger partial charge in [0.25, 0.3) is 0 Å². The number of aliphatic hydroxyl groups excluding tert-OH is 1. The quantitative estimate of drug-likeness (QED) is 0.585. The number of hydrogen-bond acceptors (Lipinski definition) is 3. The van der Waals surface area contributed by atoms with E-state index >= 15 is 0 Å². The minimum Gasteiger partial charge on any atom is -0.469 e. The molecule has 2 bridgehead atoms. The smallest absolute Gasteiger partial charge is 0.309 e. The van der Waals surface area contributed by atoms with Gasteiger partial charge in [0.1, 0.15) is 0 Å². The normalized spacial score (nSPS) is 44.8. The number of hydrogen-bond donors (Lipinski definition) is 1. The molecule has 2 aliphatic carbocycles. The van der Waals surface area contributed by atoms with Gasteiger partial charge in [0.15, 0.2) is 0 Å². The van der Waals surface area contributed by atoms with Crippen molar-refractivity contribution in [1.29, 1.82) is 0 Å². The summed E-state index contributed by atoms with van der Waals surface area (Å²) < 4.78 is 4.71. The second kappa shape index (κ2) is 2.73. The average Bonchev–Trinajstić information content (AvgIpc) is 2.59. The van der Waals surface area contributed by atoms with E-state index in [0.29, 0.717) is 5.92 Å². The minimum absolute atomic E-state index is 0.00926. The first-order valence-corrected chi connectivity index (χ1v) is 4.50. The fourth-order valence-electron chi connectivity index (χ4n) is 2.80. The third-order valence-electron chi connectivity index (χ3n) is 3.35. The van der Waals surface area contributed by atoms with Crippen molar-refractivity contribution in [2.24, 2.45) is 17.8 Å². The SMILES string of the molecule is COC(=O)C1[C@@H]2CC[C@H]1[C@@H](O)C2. The Kier molecular flexibility index (Phi) is 1.83. The van der Waals surface area contributed by atoms with Crippen LogP contribution in [0.2, 0.25) is 0 Å². The molecule has 4 atom stereocenters. The average molecular weight is 170 g/mol. The number of ether oxygens (including phenoxy) is 1. The zero-order chi connectivity index (χ0) is 8.72. The van der Waals surface area contributed by atoms with E-state index in [1.165, 1.54) is 7.11 Å². The van der Waals surface area contributed by atoms with Crippen molar-refractivity contribution in [3.05, 3.63) is 0 Å². The molecule has 68 valence electrons. The van der Waals surface area contributed by atoms with Crippen LogP contribution in [-0.4, -0.2) is 24.3 Å². The number of carbonyl (C=O) groups excluding carboxylic acids is 1. The van der Waals surface area contributed by atoms with Gasteiger partial charge in [-0.05, 0) is 31.1 Å². The fourth-order valence-corrected chi connectivity index (χ4v) is 2.80. The molecule has 1 N–H and O–H groups in total. The van der Waals surface area contributed by atoms with E-state index in [1.807, 2.05) is 0 Å². The molecule has 2 aliphatic rings. The Morgan fingerprint density at radius 2 is 2.25 bits per heavy atom. The summed E-state index contributed by atoms with van der Waals surface area (Å²) >= 11 is 0. The lowest BCUT2D eigenvalue weighted by molar-refractivity contribution is -0.147. The molecule has 0 heterocycles. The lowest BCUT2D eigenvalue weighted by atomic mass is 9.97. The molecule has 0 aromatic heterocycles. The van der Waals surface area contributed by atoms with Crippen LogP contribution in [0.15, 0.2) is 0 Å². The van der Waals surface area contributed by atoms with Crippen molar-refractivity contribution in [2.45, 2.75) is 25.4 Å². The topological polar surface area (TPSA) is 46.5 Å². The maximum absolute atomic E-state index is 11.3. The van der Waals surface area contributed by atoms with Crippen LogP contribution < -0.4 is 0 Å². The van der Waals surface area contributed by atoms with E-state index in [-0.39, 0.29) is 23.9 Å². The first kappa shape index (κ1) is 8.05. The predicted octanol–water partition coefficient (Wildman–Crippen LogP) is 0.566. The van der Waals surface area contributed by atoms with Gasteiger partial charge in [-0.2, -0.15) is 0 Å². The summed E-state index contributed by atoms with van der Waals surface area (Å²) in [5.41, 5.74) is 0. The molecule has 0 radical (unpaired) electrons. The minimum atomic E-state index is -0.257. The number of aliphatic hydroxyl groups is 1. The molecule has 12 heavy (non-hydrogen) atoms. The maximum Gasteiger partial charge on any atom is 0.309 e. The van der Waals surface area contributed by atoms with E-state index in [9.17, 15) is 9.90 Å². The van der Waals surface area contributed by atoms with Crippen LogP contribution in [0.3, 0.4) is 0 Å². The van der Waals surface area contributed by atoms with Gasteiger partial charge in [-0.3, -0.25) is 4.79 Å². The summed E-state index contributed by atoms with van der Waals surface area (Å²) in [4.78, 5) is 11.3. The van der Waals surface area contributed by atoms with Gasteiger partial charge in [0.05, 0.1) is 19.1 Å². The highest BCUT2D eigenvalue weighted by atomic mass is 16.5. The molecule has 1 unspecified atom stereocenters. The number of methoxy groups -OCH3 is 1. The molecule has 2 saturated carbocycles. The highest BCUT2D eigenvalue weighted by Gasteiger charge is 2.51. The summed E-state index contributed by atoms with van der Waals surface area (Å²) in [6.45, 7) is 0. The molecule has 3 nitrogen and oxygen atoms in total. The van der Waals surface area contributed by atoms with Gasteiger partial charge in [-0.25, -0.2) is 0 Å². The molecule has 2 fully saturated rings. The summed E-state index contributed by atoms with van der Waals surface area (Å²) in [5, 5.41) is 9.53. The zero-order valence-electron chi connectivity index (χ0n) is 7.19. The number of fused-ring (bicyclic) bond motifs is 2. The Morgan fingerprint density at radius 3 is 2.67 bits per heavy atom. The van der Waals surface area contributed by atoms with Crippen molar-refractivity contribution in [3.8, 4) is 0 Å². The van der Waals surface area contributed by atoms with Crippen LogP contribution in [0.1, 0.15) is 19.3 Å². The molecule has 0 aliphatic heterocycles. The van der Waals surface area contributed by atoms with Crippen LogP contribution in [0.25, 0.3) is 0 Å². The first-order chi connectivity index (χ1) is 5.74. The first-order valence-electron chi connectivity index (χ1n) is 4.50. The molecule has 0 amide bonds. The molecule has 3 heteroatoms. The van der Waals surface area contributed by atoms with Gasteiger partial charge < -0.3 is 9.84 Å². The number of carbonyl (C=O) groups is 1. The number of esters is 1. The Bertz CT molecular complexity index is 202. The monoisotopic (exact) mass is 170 g/mol. The fraction of sp³-hybridized carbons (Fsp3) is 0.889. The lowest BCUT2D eigenvalue weighted by Gasteiger charge is -2.15. The summed E-state index contributed by atoms with van der Waals surface area (Å²) in [6.07, 6.45) is 2.62. The molecule has 0 aromatic rings. The van der Waals surface area contributed by atoms with Crippen molar-refractivity contribution in [3.63, 3.8) is 0 Å². The van der Waals surface area contributed by atoms with Crippen LogP contribution in [0, 0.1) is 17.8 Å². The zero-order valence-corrected chi connectivity index (χ0v) is 7.19. The highest BCUT2D eigenvalue weighted by Crippen LogP contribution is 2.49. The summed E-state index contributed by atoms with van der Waals surface area (Å²) in [5.74, 6) is 0.434. The van der Waals surface area contributed by atoms with Gasteiger partial charge in [0.2, 0.25) is 0 Å². The molecule has 0 saturated heterocycles. The highest BCUT2D eigenvalue weighted by molar-refractivity contribution is 5.74. The van der Waals surface area contributed by atoms with Gasteiger partial charge in [0, 0.05) is 0 Å². The van der Waals surface area contributed by atoms with Crippen LogP contribution >= 0.6 is 0 Å². The Labute approximate surface area is 71.7 Å². The van der Waals surface area contributed by atoms with Crippen LogP contribution in [0.4, 0.5) is 0 Å². The Morgan fingerprint density at radius 1 is 1.50 bits per heavy atom. The second-order valence-corrected chi connectivity index (χ2v) is 3.85. The second-order valence-electron chi connectivity index (χ2n) is 3.85. The lowest BCUT2D eigenvalue weighted by Crippen LogP contribution is -2.23. The predicted molar refractivity (Wildman–Crippen MR) is 42.3 cm³/mol.